The van der Waals surface area contributed by atoms with E-state index < -0.39 is 15.1 Å². The molecule has 2 aromatic heterocycles. The summed E-state index contributed by atoms with van der Waals surface area (Å²) in [5.41, 5.74) is 11.8. The number of fused-ring (bicyclic) bond motifs is 1. The van der Waals surface area contributed by atoms with Crippen molar-refractivity contribution in [2.24, 2.45) is 0 Å². The normalized spacial score (nSPS) is 11.9. The fourth-order valence-corrected chi connectivity index (χ4v) is 5.42. The molecular weight excluding hydrogens is 472 g/mol. The van der Waals surface area contributed by atoms with Crippen LogP contribution in [0.1, 0.15) is 20.8 Å². The van der Waals surface area contributed by atoms with Crippen LogP contribution in [0.2, 0.25) is 0 Å². The standard InChI is InChI=1S/C27H28N6O2S/c1-4-29-20-12-10-18(11-13-20)26-31-23(17-8-6-5-7-9-17)24(32-26)19-14-21-25(33-27(28)30-21)22(15-19)36(34,35)16(2)3/h5-16,29H,4H2,1-3H3,(H,31,32)(H3,28,30,33). The molecule has 9 heteroatoms. The van der Waals surface area contributed by atoms with Crippen LogP contribution >= 0.6 is 0 Å². The van der Waals surface area contributed by atoms with E-state index in [1.165, 1.54) is 0 Å². The zero-order valence-electron chi connectivity index (χ0n) is 20.3. The van der Waals surface area contributed by atoms with E-state index >= 15 is 0 Å². The molecule has 8 nitrogen and oxygen atoms in total. The van der Waals surface area contributed by atoms with E-state index in [0.717, 1.165) is 29.1 Å². The van der Waals surface area contributed by atoms with E-state index in [1.807, 2.05) is 60.7 Å². The number of H-pyrrole nitrogens is 2. The zero-order chi connectivity index (χ0) is 25.4. The van der Waals surface area contributed by atoms with Crippen LogP contribution in [0.4, 0.5) is 11.6 Å². The molecule has 0 aliphatic carbocycles. The Kier molecular flexibility index (Phi) is 6.01. The summed E-state index contributed by atoms with van der Waals surface area (Å²) in [5, 5.41) is 2.68. The third-order valence-electron chi connectivity index (χ3n) is 6.08. The van der Waals surface area contributed by atoms with Crippen LogP contribution in [0.25, 0.3) is 44.9 Å². The minimum Gasteiger partial charge on any atom is -0.385 e. The number of imidazole rings is 2. The van der Waals surface area contributed by atoms with E-state index in [-0.39, 0.29) is 10.8 Å². The van der Waals surface area contributed by atoms with Gasteiger partial charge in [-0.3, -0.25) is 0 Å². The average Bonchev–Trinajstić information content (AvgIpc) is 3.47. The first kappa shape index (κ1) is 23.6. The number of aromatic amines is 2. The highest BCUT2D eigenvalue weighted by Crippen LogP contribution is 2.37. The van der Waals surface area contributed by atoms with Gasteiger partial charge in [-0.2, -0.15) is 0 Å². The molecule has 0 bridgehead atoms. The van der Waals surface area contributed by atoms with E-state index in [1.54, 1.807) is 19.9 Å². The number of rotatable bonds is 7. The topological polar surface area (TPSA) is 130 Å². The molecule has 0 saturated heterocycles. The third-order valence-corrected chi connectivity index (χ3v) is 8.24. The van der Waals surface area contributed by atoms with Gasteiger partial charge in [-0.15, -0.1) is 0 Å². The summed E-state index contributed by atoms with van der Waals surface area (Å²) in [5.74, 6) is 0.846. The van der Waals surface area contributed by atoms with Crippen LogP contribution in [0.15, 0.2) is 71.6 Å². The summed E-state index contributed by atoms with van der Waals surface area (Å²) in [4.78, 5) is 15.8. The van der Waals surface area contributed by atoms with Gasteiger partial charge in [0.25, 0.3) is 0 Å². The van der Waals surface area contributed by atoms with Gasteiger partial charge in [-0.25, -0.2) is 18.4 Å². The second-order valence-corrected chi connectivity index (χ2v) is 11.3. The van der Waals surface area contributed by atoms with Crippen LogP contribution < -0.4 is 11.1 Å². The maximum atomic E-state index is 13.3. The van der Waals surface area contributed by atoms with Crippen molar-refractivity contribution in [3.05, 3.63) is 66.7 Å². The lowest BCUT2D eigenvalue weighted by atomic mass is 10.0. The fraction of sp³-hybridized carbons (Fsp3) is 0.185. The number of benzene rings is 3. The molecule has 0 radical (unpaired) electrons. The molecule has 0 atom stereocenters. The highest BCUT2D eigenvalue weighted by molar-refractivity contribution is 7.92. The largest absolute Gasteiger partial charge is 0.385 e. The number of nitrogens with zero attached hydrogens (tertiary/aromatic N) is 2. The number of aromatic nitrogens is 4. The monoisotopic (exact) mass is 500 g/mol. The molecule has 0 unspecified atom stereocenters. The number of nitrogen functional groups attached to an aromatic ring is 1. The lowest BCUT2D eigenvalue weighted by Crippen LogP contribution is -2.14. The minimum atomic E-state index is -3.64. The number of nitrogens with one attached hydrogen (secondary N) is 3. The third kappa shape index (κ3) is 4.22. The number of sulfone groups is 1. The number of hydrogen-bond acceptors (Lipinski definition) is 6. The van der Waals surface area contributed by atoms with Crippen LogP contribution in [-0.4, -0.2) is 40.1 Å². The Morgan fingerprint density at radius 3 is 2.31 bits per heavy atom. The van der Waals surface area contributed by atoms with Crippen molar-refractivity contribution in [1.82, 2.24) is 19.9 Å². The van der Waals surface area contributed by atoms with Gasteiger partial charge in [0.1, 0.15) is 11.3 Å². The zero-order valence-corrected chi connectivity index (χ0v) is 21.1. The van der Waals surface area contributed by atoms with Crippen LogP contribution in [0, 0.1) is 0 Å². The summed E-state index contributed by atoms with van der Waals surface area (Å²) in [6.07, 6.45) is 0. The molecule has 0 aliphatic heterocycles. The van der Waals surface area contributed by atoms with Crippen molar-refractivity contribution in [1.29, 1.82) is 0 Å². The van der Waals surface area contributed by atoms with Gasteiger partial charge in [0, 0.05) is 28.9 Å². The molecule has 3 aromatic carbocycles. The minimum absolute atomic E-state index is 0.136. The predicted octanol–water partition coefficient (Wildman–Crippen LogP) is 5.48. The van der Waals surface area contributed by atoms with E-state index in [0.29, 0.717) is 28.1 Å². The average molecular weight is 501 g/mol. The summed E-state index contributed by atoms with van der Waals surface area (Å²) in [6, 6.07) is 21.4. The van der Waals surface area contributed by atoms with Gasteiger partial charge in [0.15, 0.2) is 15.8 Å². The summed E-state index contributed by atoms with van der Waals surface area (Å²) in [7, 11) is -3.64. The molecule has 0 fully saturated rings. The molecule has 5 aromatic rings. The summed E-state index contributed by atoms with van der Waals surface area (Å²) >= 11 is 0. The highest BCUT2D eigenvalue weighted by Gasteiger charge is 2.26. The van der Waals surface area contributed by atoms with Crippen molar-refractivity contribution in [3.63, 3.8) is 0 Å². The van der Waals surface area contributed by atoms with Gasteiger partial charge in [-0.1, -0.05) is 30.3 Å². The molecule has 5 N–H and O–H groups in total. The number of hydrogen-bond donors (Lipinski definition) is 4. The smallest absolute Gasteiger partial charge is 0.198 e. The maximum Gasteiger partial charge on any atom is 0.198 e. The van der Waals surface area contributed by atoms with Crippen LogP contribution in [0.3, 0.4) is 0 Å². The first-order chi connectivity index (χ1) is 17.3. The van der Waals surface area contributed by atoms with Crippen molar-refractivity contribution in [3.8, 4) is 33.9 Å². The Morgan fingerprint density at radius 1 is 0.917 bits per heavy atom. The van der Waals surface area contributed by atoms with Crippen molar-refractivity contribution in [2.45, 2.75) is 30.9 Å². The Hall–Kier alpha value is -4.11. The summed E-state index contributed by atoms with van der Waals surface area (Å²) in [6.45, 7) is 6.20. The van der Waals surface area contributed by atoms with Gasteiger partial charge < -0.3 is 21.0 Å². The number of anilines is 2. The summed E-state index contributed by atoms with van der Waals surface area (Å²) < 4.78 is 26.6. The SMILES string of the molecule is CCNc1ccc(-c2nc(-c3cc(S(=O)(=O)C(C)C)c4nc(N)[nH]c4c3)c(-c3ccccc3)[nH]2)cc1. The highest BCUT2D eigenvalue weighted by atomic mass is 32.2. The molecule has 0 aliphatic rings. The quantitative estimate of drug-likeness (QED) is 0.234. The van der Waals surface area contributed by atoms with Crippen LogP contribution in [-0.2, 0) is 9.84 Å². The van der Waals surface area contributed by atoms with E-state index in [2.05, 4.69) is 27.2 Å². The van der Waals surface area contributed by atoms with Crippen molar-refractivity contribution < 1.29 is 8.42 Å². The Balaban J connectivity index is 1.74. The van der Waals surface area contributed by atoms with Gasteiger partial charge in [-0.05, 0) is 57.2 Å². The van der Waals surface area contributed by atoms with Crippen molar-refractivity contribution >= 4 is 32.5 Å². The molecule has 184 valence electrons. The Morgan fingerprint density at radius 2 is 1.64 bits per heavy atom. The molecule has 0 amide bonds. The second-order valence-electron chi connectivity index (χ2n) is 8.87. The van der Waals surface area contributed by atoms with Gasteiger partial charge in [0.05, 0.1) is 27.0 Å². The van der Waals surface area contributed by atoms with E-state index in [4.69, 9.17) is 10.7 Å². The second kappa shape index (κ2) is 9.16. The first-order valence-electron chi connectivity index (χ1n) is 11.8. The van der Waals surface area contributed by atoms with Crippen molar-refractivity contribution in [2.75, 3.05) is 17.6 Å². The fourth-order valence-electron chi connectivity index (χ4n) is 4.20. The van der Waals surface area contributed by atoms with E-state index in [9.17, 15) is 8.42 Å². The lowest BCUT2D eigenvalue weighted by Gasteiger charge is -2.11. The molecule has 0 spiro atoms. The molecule has 36 heavy (non-hydrogen) atoms. The number of nitrogens with two attached hydrogens (primary N) is 1. The maximum absolute atomic E-state index is 13.3. The lowest BCUT2D eigenvalue weighted by molar-refractivity contribution is 0.588. The molecule has 0 saturated carbocycles. The van der Waals surface area contributed by atoms with Crippen LogP contribution in [0.5, 0.6) is 0 Å². The molecule has 5 rings (SSSR count). The van der Waals surface area contributed by atoms with Gasteiger partial charge in [0.2, 0.25) is 0 Å². The molecule has 2 heterocycles. The van der Waals surface area contributed by atoms with Gasteiger partial charge >= 0.3 is 0 Å². The Bertz CT molecular complexity index is 1640. The Labute approximate surface area is 209 Å². The first-order valence-corrected chi connectivity index (χ1v) is 13.4. The predicted molar refractivity (Wildman–Crippen MR) is 145 cm³/mol. The molecular formula is C27H28N6O2S.